The number of nitrogens with zero attached hydrogens (tertiary/aromatic N) is 2. The molecule has 2 saturated carbocycles. The van der Waals surface area contributed by atoms with E-state index in [1.807, 2.05) is 63.2 Å². The number of hydrogen-bond donors (Lipinski definition) is 3. The number of ketones is 1. The van der Waals surface area contributed by atoms with Crippen LogP contribution >= 0.6 is 29.4 Å². The first-order chi connectivity index (χ1) is 28.5. The number of carbonyl (C=O) groups excluding carboxylic acids is 2. The molecular formula is C46H62BrClN2NaO11S+. The molecule has 4 saturated heterocycles. The summed E-state index contributed by atoms with van der Waals surface area (Å²) in [6.07, 6.45) is 9.79. The van der Waals surface area contributed by atoms with Crippen LogP contribution in [-0.4, -0.2) is 133 Å². The van der Waals surface area contributed by atoms with E-state index in [2.05, 4.69) is 36.0 Å². The van der Waals surface area contributed by atoms with E-state index in [0.717, 1.165) is 55.7 Å². The minimum Gasteiger partial charge on any atom is -0.490 e. The molecule has 342 valence electrons. The number of piperidine rings is 2. The maximum Gasteiger partial charge on any atom is 1.00 e. The summed E-state index contributed by atoms with van der Waals surface area (Å²) in [4.78, 5) is 29.1. The third-order valence-electron chi connectivity index (χ3n) is 16.3. The Labute approximate surface area is 410 Å². The van der Waals surface area contributed by atoms with Crippen molar-refractivity contribution >= 4 is 51.3 Å². The summed E-state index contributed by atoms with van der Waals surface area (Å²) in [6.45, 7) is 7.34. The number of halogens is 2. The van der Waals surface area contributed by atoms with Gasteiger partial charge in [-0.15, -0.1) is 29.4 Å². The summed E-state index contributed by atoms with van der Waals surface area (Å²) in [5.41, 5.74) is 2.30. The van der Waals surface area contributed by atoms with E-state index >= 15 is 0 Å². The molecule has 0 aromatic heterocycles. The molecule has 1 unspecified atom stereocenters. The molecule has 13 nitrogen and oxygen atoms in total. The molecule has 3 N–H and O–H groups in total. The Balaban J connectivity index is 0.000000157. The first-order valence-corrected chi connectivity index (χ1v) is 23.4. The summed E-state index contributed by atoms with van der Waals surface area (Å²) in [5, 5.41) is 20.2. The van der Waals surface area contributed by atoms with Gasteiger partial charge in [0.1, 0.15) is 42.2 Å². The van der Waals surface area contributed by atoms with Gasteiger partial charge in [-0.2, -0.15) is 8.42 Å². The van der Waals surface area contributed by atoms with E-state index in [1.165, 1.54) is 11.1 Å². The fourth-order valence-electron chi connectivity index (χ4n) is 13.0. The molecule has 17 heteroatoms. The molecule has 6 bridgehead atoms. The molecule has 63 heavy (non-hydrogen) atoms. The van der Waals surface area contributed by atoms with Crippen molar-refractivity contribution in [3.05, 3.63) is 71.3 Å². The summed E-state index contributed by atoms with van der Waals surface area (Å²) < 4.78 is 54.5. The number of benzene rings is 2. The van der Waals surface area contributed by atoms with Crippen molar-refractivity contribution in [1.82, 2.24) is 9.80 Å². The Morgan fingerprint density at radius 2 is 1.68 bits per heavy atom. The van der Waals surface area contributed by atoms with E-state index in [1.54, 1.807) is 0 Å². The number of aliphatic hydroxyl groups is 2. The molecule has 1 spiro atoms. The van der Waals surface area contributed by atoms with Crippen molar-refractivity contribution in [3.8, 4) is 11.5 Å². The van der Waals surface area contributed by atoms with Crippen LogP contribution in [-0.2, 0) is 41.0 Å². The van der Waals surface area contributed by atoms with Crippen LogP contribution in [0.5, 0.6) is 11.5 Å². The normalized spacial score (nSPS) is 36.8. The standard InChI is InChI=1S/C19H23NO3.C17H21NO4.C10H16O4S.BrH.ClH.Na/c1-3-22-15-7-4-11-10-13-12-5-6-14(21)18-19(12,8-9-20(13)2)16(11)17(15)23-18;1-18-13-7-11(8-14(18)16-15(13)22-16)21-17(20)12(9-19)10-5-3-2-4-6-10;1-9(2)7-3-4-10(9,8(11)5-7)6-15(12,13)14;;;/h4-7,12-14,18,21H,3,8-10H2,1-2H3;2-6,11-16,19H,7-9H2,1H3;7H,3-6H2,1-2H3,(H,12,13,14);2*1H;/q;;;;;+1/t12-,13+,14-,18-,19-;11?,12-,13-,14+,15-,16+;7-,10+;;;/m010.../s1. The van der Waals surface area contributed by atoms with Crippen LogP contribution < -0.4 is 39.0 Å². The number of ether oxygens (including phenoxy) is 4. The third kappa shape index (κ3) is 8.42. The SMILES string of the molecule is Br.CC1(C)[C@H]2CC[C@@]1(CS(=O)(=O)O)C(=O)C2.CCOc1ccc2c3c1O[C@H]1[C@@H](O)C=C[C@H]4[C@@H](C2)N(C)CC[C@@]341.CN1[C@@H]2CC(OC(=O)[C@H](CO)c3ccccc3)C[C@H]1[C@@H]1O[C@@H]12.Cl.[Na+]. The molecule has 13 atom stereocenters. The predicted molar refractivity (Wildman–Crippen MR) is 239 cm³/mol. The molecule has 11 rings (SSSR count). The minimum absolute atomic E-state index is 0. The number of carbonyl (C=O) groups is 2. The summed E-state index contributed by atoms with van der Waals surface area (Å²) >= 11 is 0. The zero-order valence-electron chi connectivity index (χ0n) is 37.1. The van der Waals surface area contributed by atoms with E-state index in [4.69, 9.17) is 23.5 Å². The van der Waals surface area contributed by atoms with Gasteiger partial charge in [0.05, 0.1) is 24.4 Å². The largest absolute Gasteiger partial charge is 1.00 e. The van der Waals surface area contributed by atoms with Gasteiger partial charge in [-0.05, 0) is 81.8 Å². The summed E-state index contributed by atoms with van der Waals surface area (Å²) in [6, 6.07) is 14.8. The van der Waals surface area contributed by atoms with Gasteiger partial charge >= 0.3 is 35.5 Å². The number of esters is 1. The van der Waals surface area contributed by atoms with Crippen LogP contribution in [0.3, 0.4) is 0 Å². The van der Waals surface area contributed by atoms with Gasteiger partial charge in [-0.1, -0.05) is 62.4 Å². The number of rotatable bonds is 8. The monoisotopic (exact) mass is 987 g/mol. The Kier molecular flexibility index (Phi) is 15.2. The van der Waals surface area contributed by atoms with Crippen molar-refractivity contribution in [3.63, 3.8) is 0 Å². The predicted octanol–water partition coefficient (Wildman–Crippen LogP) is 2.08. The number of aliphatic hydroxyl groups excluding tert-OH is 2. The molecule has 2 aromatic carbocycles. The van der Waals surface area contributed by atoms with Gasteiger partial charge in [0.25, 0.3) is 10.1 Å². The molecular weight excluding hydrogens is 927 g/mol. The van der Waals surface area contributed by atoms with E-state index in [-0.39, 0.29) is 106 Å². The van der Waals surface area contributed by atoms with E-state index in [0.29, 0.717) is 55.7 Å². The fourth-order valence-corrected chi connectivity index (χ4v) is 14.3. The van der Waals surface area contributed by atoms with Gasteiger partial charge in [0, 0.05) is 54.3 Å². The number of likely N-dealkylation sites (tertiary alicyclic amines) is 1. The van der Waals surface area contributed by atoms with Gasteiger partial charge in [-0.3, -0.25) is 19.0 Å². The zero-order chi connectivity index (χ0) is 42.5. The van der Waals surface area contributed by atoms with E-state index in [9.17, 15) is 28.2 Å². The first kappa shape index (κ1) is 50.8. The Hall–Kier alpha value is -1.60. The van der Waals surface area contributed by atoms with Crippen LogP contribution in [0.2, 0.25) is 0 Å². The fraction of sp³-hybridized carbons (Fsp3) is 0.652. The molecule has 5 aliphatic heterocycles. The number of fused-ring (bicyclic) bond motifs is 7. The Morgan fingerprint density at radius 3 is 2.27 bits per heavy atom. The number of epoxide rings is 1. The van der Waals surface area contributed by atoms with Gasteiger partial charge in [0.15, 0.2) is 11.5 Å². The Morgan fingerprint density at radius 1 is 1.00 bits per heavy atom. The zero-order valence-corrected chi connectivity index (χ0v) is 42.4. The number of hydrogen-bond acceptors (Lipinski definition) is 12. The molecule has 4 aliphatic carbocycles. The molecule has 5 heterocycles. The van der Waals surface area contributed by atoms with Crippen molar-refractivity contribution < 1.29 is 81.3 Å². The number of Topliss-reactive ketones (excluding diaryl/α,β-unsaturated/α-hetero) is 1. The van der Waals surface area contributed by atoms with Crippen LogP contribution in [0, 0.1) is 22.7 Å². The van der Waals surface area contributed by atoms with Crippen molar-refractivity contribution in [2.75, 3.05) is 39.6 Å². The minimum atomic E-state index is -4.08. The Bertz CT molecular complexity index is 2150. The maximum absolute atomic E-state index is 12.4. The second kappa shape index (κ2) is 18.8. The quantitative estimate of drug-likeness (QED) is 0.116. The van der Waals surface area contributed by atoms with Gasteiger partial charge < -0.3 is 34.1 Å². The third-order valence-corrected chi connectivity index (χ3v) is 17.2. The molecule has 0 amide bonds. The smallest absolute Gasteiger partial charge is 0.490 e. The van der Waals surface area contributed by atoms with Crippen LogP contribution in [0.25, 0.3) is 0 Å². The van der Waals surface area contributed by atoms with Crippen molar-refractivity contribution in [1.29, 1.82) is 0 Å². The molecule has 6 fully saturated rings. The van der Waals surface area contributed by atoms with Crippen LogP contribution in [0.15, 0.2) is 54.6 Å². The van der Waals surface area contributed by atoms with Gasteiger partial charge in [-0.25, -0.2) is 0 Å². The second-order valence-corrected chi connectivity index (χ2v) is 20.7. The molecule has 2 aromatic rings. The van der Waals surface area contributed by atoms with E-state index < -0.39 is 33.3 Å². The van der Waals surface area contributed by atoms with Crippen LogP contribution in [0.1, 0.15) is 81.9 Å². The van der Waals surface area contributed by atoms with Gasteiger partial charge in [0.2, 0.25) is 0 Å². The van der Waals surface area contributed by atoms with Crippen molar-refractivity contribution in [2.45, 2.75) is 126 Å². The topological polar surface area (TPSA) is 176 Å². The molecule has 0 radical (unpaired) electrons. The summed E-state index contributed by atoms with van der Waals surface area (Å²) in [7, 11) is 0.276. The van der Waals surface area contributed by atoms with Crippen LogP contribution in [0.4, 0.5) is 0 Å². The average Bonchev–Trinajstić information content (AvgIpc) is 3.77. The second-order valence-electron chi connectivity index (χ2n) is 19.3. The first-order valence-electron chi connectivity index (χ1n) is 21.8. The number of morpholine rings is 1. The number of likely N-dealkylation sites (N-methyl/N-ethyl adjacent to an activating group) is 2. The van der Waals surface area contributed by atoms with Crippen molar-refractivity contribution in [2.24, 2.45) is 22.7 Å². The maximum atomic E-state index is 12.4. The molecule has 9 aliphatic rings. The average molecular weight is 989 g/mol. The summed E-state index contributed by atoms with van der Waals surface area (Å²) in [5.74, 6) is 1.13.